The van der Waals surface area contributed by atoms with Gasteiger partial charge in [-0.1, -0.05) is 12.1 Å². The van der Waals surface area contributed by atoms with Crippen molar-refractivity contribution in [1.29, 1.82) is 0 Å². The van der Waals surface area contributed by atoms with Gasteiger partial charge in [0.2, 0.25) is 0 Å². The first-order valence-electron chi connectivity index (χ1n) is 6.84. The number of hydrogen-bond acceptors (Lipinski definition) is 4. The molecule has 7 heteroatoms. The van der Waals surface area contributed by atoms with Crippen molar-refractivity contribution >= 4 is 22.6 Å². The van der Waals surface area contributed by atoms with E-state index in [9.17, 15) is 14.7 Å². The highest BCUT2D eigenvalue weighted by Gasteiger charge is 2.26. The van der Waals surface area contributed by atoms with Crippen LogP contribution in [0.4, 0.5) is 5.82 Å². The minimum atomic E-state index is -0.669. The molecule has 0 unspecified atom stereocenters. The third kappa shape index (κ3) is 1.65. The van der Waals surface area contributed by atoms with E-state index in [0.717, 1.165) is 12.0 Å². The molecule has 22 heavy (non-hydrogen) atoms. The Bertz CT molecular complexity index is 957. The highest BCUT2D eigenvalue weighted by Crippen LogP contribution is 2.32. The molecule has 0 saturated carbocycles. The van der Waals surface area contributed by atoms with Crippen LogP contribution in [-0.4, -0.2) is 25.5 Å². The number of aryl methyl sites for hydroxylation is 2. The molecular formula is C15H12N4O3. The van der Waals surface area contributed by atoms with E-state index < -0.39 is 11.5 Å². The summed E-state index contributed by atoms with van der Waals surface area (Å²) in [5.74, 6) is -0.662. The quantitative estimate of drug-likeness (QED) is 0.662. The number of carbonyl (C=O) groups excluding carboxylic acids is 1. The number of anilines is 1. The number of benzene rings is 1. The maximum absolute atomic E-state index is 12.6. The van der Waals surface area contributed by atoms with E-state index in [0.29, 0.717) is 23.3 Å². The van der Waals surface area contributed by atoms with Gasteiger partial charge in [0.25, 0.3) is 11.5 Å². The van der Waals surface area contributed by atoms with Crippen LogP contribution in [0.2, 0.25) is 0 Å². The second kappa shape index (κ2) is 4.45. The smallest absolute Gasteiger partial charge is 0.267 e. The van der Waals surface area contributed by atoms with Crippen molar-refractivity contribution in [2.75, 3.05) is 5.32 Å². The first-order valence-corrected chi connectivity index (χ1v) is 6.84. The van der Waals surface area contributed by atoms with E-state index >= 15 is 0 Å². The van der Waals surface area contributed by atoms with Crippen LogP contribution in [0.1, 0.15) is 15.9 Å². The van der Waals surface area contributed by atoms with Crippen molar-refractivity contribution in [2.24, 2.45) is 0 Å². The van der Waals surface area contributed by atoms with Crippen molar-refractivity contribution in [3.05, 3.63) is 52.2 Å². The summed E-state index contributed by atoms with van der Waals surface area (Å²) in [5, 5.41) is 13.4. The zero-order chi connectivity index (χ0) is 15.3. The second-order valence-corrected chi connectivity index (χ2v) is 5.15. The third-order valence-corrected chi connectivity index (χ3v) is 3.91. The van der Waals surface area contributed by atoms with Crippen LogP contribution in [0.5, 0.6) is 5.75 Å². The highest BCUT2D eigenvalue weighted by atomic mass is 16.3. The number of aromatic nitrogens is 3. The van der Waals surface area contributed by atoms with E-state index in [2.05, 4.69) is 15.3 Å². The number of rotatable bonds is 2. The van der Waals surface area contributed by atoms with Gasteiger partial charge >= 0.3 is 0 Å². The molecule has 0 saturated heterocycles. The number of nitrogens with one attached hydrogen (secondary N) is 2. The number of imidazole rings is 1. The number of carbonyl (C=O) groups is 1. The van der Waals surface area contributed by atoms with Gasteiger partial charge in [-0.2, -0.15) is 0 Å². The van der Waals surface area contributed by atoms with Crippen LogP contribution in [0.25, 0.3) is 10.9 Å². The molecule has 0 bridgehead atoms. The van der Waals surface area contributed by atoms with Gasteiger partial charge in [-0.25, -0.2) is 4.98 Å². The molecule has 7 nitrogen and oxygen atoms in total. The molecule has 0 aliphatic carbocycles. The van der Waals surface area contributed by atoms with Gasteiger partial charge in [-0.15, -0.1) is 0 Å². The first kappa shape index (κ1) is 12.6. The molecule has 2 aromatic heterocycles. The van der Waals surface area contributed by atoms with E-state index in [1.807, 2.05) is 12.1 Å². The molecule has 1 aliphatic heterocycles. The summed E-state index contributed by atoms with van der Waals surface area (Å²) in [6.07, 6.45) is 3.62. The van der Waals surface area contributed by atoms with Crippen LogP contribution < -0.4 is 10.9 Å². The minimum Gasteiger partial charge on any atom is -0.506 e. The van der Waals surface area contributed by atoms with Crippen LogP contribution >= 0.6 is 0 Å². The van der Waals surface area contributed by atoms with Crippen LogP contribution in [0, 0.1) is 0 Å². The zero-order valence-corrected chi connectivity index (χ0v) is 11.5. The summed E-state index contributed by atoms with van der Waals surface area (Å²) in [6.45, 7) is 0.512. The Morgan fingerprint density at radius 2 is 2.27 bits per heavy atom. The molecular weight excluding hydrogens is 284 g/mol. The molecule has 3 aromatic rings. The Morgan fingerprint density at radius 3 is 3.05 bits per heavy atom. The molecule has 3 heterocycles. The van der Waals surface area contributed by atoms with Crippen molar-refractivity contribution in [3.8, 4) is 5.75 Å². The van der Waals surface area contributed by atoms with Gasteiger partial charge in [-0.3, -0.25) is 9.59 Å². The molecule has 1 aliphatic rings. The first-order chi connectivity index (χ1) is 10.7. The maximum atomic E-state index is 12.6. The fraction of sp³-hybridized carbons (Fsp3) is 0.133. The average molecular weight is 296 g/mol. The van der Waals surface area contributed by atoms with Gasteiger partial charge in [0.05, 0.1) is 11.8 Å². The summed E-state index contributed by atoms with van der Waals surface area (Å²) in [5.41, 5.74) is 0.975. The molecule has 0 fully saturated rings. The Morgan fingerprint density at radius 1 is 1.41 bits per heavy atom. The molecule has 4 rings (SSSR count). The molecule has 1 amide bonds. The summed E-state index contributed by atoms with van der Waals surface area (Å²) in [6, 6.07) is 5.45. The molecule has 0 atom stereocenters. The van der Waals surface area contributed by atoms with E-state index in [4.69, 9.17) is 0 Å². The van der Waals surface area contributed by atoms with Gasteiger partial charge in [0.1, 0.15) is 11.3 Å². The van der Waals surface area contributed by atoms with Crippen LogP contribution in [0.3, 0.4) is 0 Å². The van der Waals surface area contributed by atoms with Crippen LogP contribution in [-0.2, 0) is 13.0 Å². The summed E-state index contributed by atoms with van der Waals surface area (Å²) >= 11 is 0. The number of para-hydroxylation sites is 1. The van der Waals surface area contributed by atoms with Gasteiger partial charge in [0.15, 0.2) is 5.82 Å². The Kier molecular flexibility index (Phi) is 2.56. The lowest BCUT2D eigenvalue weighted by Crippen LogP contribution is -2.28. The predicted molar refractivity (Wildman–Crippen MR) is 80.1 cm³/mol. The zero-order valence-electron chi connectivity index (χ0n) is 11.5. The second-order valence-electron chi connectivity index (χ2n) is 5.15. The number of pyridine rings is 1. The standard InChI is InChI=1S/C15H12N4O3/c20-13-9-3-1-2-8-4-5-19(12(8)9)15(22)11(13)14(21)18-10-6-16-7-17-10/h1-3,6-7,20H,4-5H2,(H,16,17)(H,18,21). The number of H-pyrrole nitrogens is 1. The van der Waals surface area contributed by atoms with Gasteiger partial charge in [0, 0.05) is 18.1 Å². The third-order valence-electron chi connectivity index (χ3n) is 3.91. The van der Waals surface area contributed by atoms with E-state index in [1.165, 1.54) is 12.5 Å². The molecule has 0 spiro atoms. The monoisotopic (exact) mass is 296 g/mol. The lowest BCUT2D eigenvalue weighted by Gasteiger charge is -2.10. The number of nitrogens with zero attached hydrogens (tertiary/aromatic N) is 2. The lowest BCUT2D eigenvalue weighted by atomic mass is 10.1. The van der Waals surface area contributed by atoms with Crippen molar-refractivity contribution in [2.45, 2.75) is 13.0 Å². The average Bonchev–Trinajstić information content (AvgIpc) is 3.14. The lowest BCUT2D eigenvalue weighted by molar-refractivity contribution is 0.102. The Hall–Kier alpha value is -3.09. The van der Waals surface area contributed by atoms with Gasteiger partial charge in [-0.05, 0) is 18.1 Å². The largest absolute Gasteiger partial charge is 0.506 e. The number of hydrogen-bond donors (Lipinski definition) is 3. The summed E-state index contributed by atoms with van der Waals surface area (Å²) < 4.78 is 1.55. The van der Waals surface area contributed by atoms with Crippen molar-refractivity contribution in [3.63, 3.8) is 0 Å². The molecule has 110 valence electrons. The minimum absolute atomic E-state index is 0.255. The maximum Gasteiger partial charge on any atom is 0.267 e. The van der Waals surface area contributed by atoms with Crippen molar-refractivity contribution in [1.82, 2.24) is 14.5 Å². The van der Waals surface area contributed by atoms with E-state index in [1.54, 1.807) is 10.6 Å². The number of aromatic amines is 1. The predicted octanol–water partition coefficient (Wildman–Crippen LogP) is 1.24. The normalized spacial score (nSPS) is 12.7. The highest BCUT2D eigenvalue weighted by molar-refractivity contribution is 6.09. The topological polar surface area (TPSA) is 100 Å². The molecule has 1 aromatic carbocycles. The fourth-order valence-electron chi connectivity index (χ4n) is 2.93. The summed E-state index contributed by atoms with van der Waals surface area (Å²) in [4.78, 5) is 31.5. The Labute approximate surface area is 124 Å². The molecule has 0 radical (unpaired) electrons. The SMILES string of the molecule is O=C(Nc1c[nH]cn1)c1c(O)c2cccc3c2n(c1=O)CC3. The number of amides is 1. The Balaban J connectivity index is 1.93. The van der Waals surface area contributed by atoms with Crippen LogP contribution in [0.15, 0.2) is 35.5 Å². The summed E-state index contributed by atoms with van der Waals surface area (Å²) in [7, 11) is 0. The molecule has 3 N–H and O–H groups in total. The van der Waals surface area contributed by atoms with Gasteiger partial charge < -0.3 is 20.0 Å². The number of aromatic hydroxyl groups is 1. The van der Waals surface area contributed by atoms with E-state index in [-0.39, 0.29) is 11.3 Å². The van der Waals surface area contributed by atoms with Crippen molar-refractivity contribution < 1.29 is 9.90 Å². The fourth-order valence-corrected chi connectivity index (χ4v) is 2.93.